The summed E-state index contributed by atoms with van der Waals surface area (Å²) in [5.74, 6) is 2.28. The summed E-state index contributed by atoms with van der Waals surface area (Å²) in [7, 11) is -1.58. The number of hydrogen-bond donors (Lipinski definition) is 4. The van der Waals surface area contributed by atoms with Crippen molar-refractivity contribution in [3.63, 3.8) is 0 Å². The van der Waals surface area contributed by atoms with E-state index < -0.39 is 31.9 Å². The molecule has 1 rings (SSSR count). The van der Waals surface area contributed by atoms with Crippen molar-refractivity contribution in [1.82, 2.24) is 0 Å². The lowest BCUT2D eigenvalue weighted by Gasteiger charge is -2.23. The second-order valence-electron chi connectivity index (χ2n) is 10.2. The molecule has 0 amide bonds. The maximum Gasteiger partial charge on any atom is 0.303 e. The normalized spacial score (nSPS) is 25.9. The van der Waals surface area contributed by atoms with Gasteiger partial charge in [-0.1, -0.05) is 70.3 Å². The number of rotatable bonds is 13. The number of aliphatic hydroxyl groups excluding tert-OH is 2. The van der Waals surface area contributed by atoms with Gasteiger partial charge in [0.05, 0.1) is 12.2 Å². The minimum Gasteiger partial charge on any atom is -0.481 e. The summed E-state index contributed by atoms with van der Waals surface area (Å²) in [5.41, 5.74) is 2.27. The van der Waals surface area contributed by atoms with E-state index in [1.165, 1.54) is 0 Å². The first-order chi connectivity index (χ1) is 14.5. The molecule has 0 aromatic rings. The molecule has 0 aromatic carbocycles. The van der Waals surface area contributed by atoms with Gasteiger partial charge in [0, 0.05) is 25.2 Å². The molecule has 1 fully saturated rings. The van der Waals surface area contributed by atoms with E-state index in [2.05, 4.69) is 38.0 Å². The van der Waals surface area contributed by atoms with Crippen LogP contribution in [0.1, 0.15) is 77.6 Å². The molecule has 0 heterocycles. The third kappa shape index (κ3) is 11.3. The fourth-order valence-corrected chi connectivity index (χ4v) is 4.80. The molecule has 6 heteroatoms. The molecule has 1 aliphatic rings. The predicted octanol–water partition coefficient (Wildman–Crippen LogP) is 4.52. The summed E-state index contributed by atoms with van der Waals surface area (Å²) in [6, 6.07) is 0. The minimum absolute atomic E-state index is 0.00234. The van der Waals surface area contributed by atoms with E-state index in [0.29, 0.717) is 25.7 Å². The second kappa shape index (κ2) is 13.4. The molecule has 4 N–H and O–H groups in total. The Labute approximate surface area is 190 Å². The zero-order chi connectivity index (χ0) is 23.5. The van der Waals surface area contributed by atoms with Gasteiger partial charge < -0.3 is 20.4 Å². The molecule has 1 unspecified atom stereocenters. The molecular weight excluding hydrogens is 408 g/mol. The number of carbonyl (C=O) groups is 1. The first-order valence-electron chi connectivity index (χ1n) is 12.0. The van der Waals surface area contributed by atoms with Gasteiger partial charge in [-0.3, -0.25) is 4.79 Å². The molecule has 31 heavy (non-hydrogen) atoms. The zero-order valence-corrected chi connectivity index (χ0v) is 20.9. The van der Waals surface area contributed by atoms with Gasteiger partial charge in [-0.2, -0.15) is 0 Å². The third-order valence-corrected chi connectivity index (χ3v) is 6.90. The van der Waals surface area contributed by atoms with Crippen LogP contribution in [0.4, 0.5) is 0 Å². The Morgan fingerprint density at radius 1 is 1.10 bits per heavy atom. The van der Waals surface area contributed by atoms with Crippen molar-refractivity contribution in [3.05, 3.63) is 12.2 Å². The van der Waals surface area contributed by atoms with Gasteiger partial charge in [-0.05, 0) is 31.6 Å². The molecule has 1 aliphatic carbocycles. The van der Waals surface area contributed by atoms with Crippen molar-refractivity contribution >= 4 is 14.0 Å². The predicted molar refractivity (Wildman–Crippen MR) is 128 cm³/mol. The summed E-state index contributed by atoms with van der Waals surface area (Å²) in [6.07, 6.45) is 10.6. The molecule has 178 valence electrons. The average Bonchev–Trinajstić information content (AvgIpc) is 2.93. The molecule has 5 atom stereocenters. The van der Waals surface area contributed by atoms with Crippen molar-refractivity contribution in [1.29, 1.82) is 0 Å². The molecule has 0 aliphatic heterocycles. The number of aliphatic hydroxyl groups is 3. The zero-order valence-electron chi connectivity index (χ0n) is 19.9. The van der Waals surface area contributed by atoms with E-state index in [9.17, 15) is 20.1 Å². The molecule has 1 saturated carbocycles. The fraction of sp³-hybridized carbons (Fsp3) is 0.800. The van der Waals surface area contributed by atoms with Crippen LogP contribution in [0.15, 0.2) is 12.2 Å². The molecule has 0 spiro atoms. The monoisotopic (exact) mass is 452 g/mol. The quantitative estimate of drug-likeness (QED) is 0.143. The van der Waals surface area contributed by atoms with Gasteiger partial charge in [-0.15, -0.1) is 5.54 Å². The summed E-state index contributed by atoms with van der Waals surface area (Å²) < 4.78 is 0. The number of hydrogen-bond acceptors (Lipinski definition) is 4. The van der Waals surface area contributed by atoms with Crippen LogP contribution in [-0.4, -0.2) is 52.3 Å². The lowest BCUT2D eigenvalue weighted by atomic mass is 9.87. The van der Waals surface area contributed by atoms with E-state index >= 15 is 0 Å². The Kier molecular flexibility index (Phi) is 12.1. The number of carboxylic acids is 1. The van der Waals surface area contributed by atoms with Gasteiger partial charge in [0.25, 0.3) is 0 Å². The van der Waals surface area contributed by atoms with Crippen molar-refractivity contribution in [2.45, 2.75) is 115 Å². The average molecular weight is 453 g/mol. The summed E-state index contributed by atoms with van der Waals surface area (Å²) >= 11 is 0. The summed E-state index contributed by atoms with van der Waals surface area (Å²) in [5, 5.41) is 40.6. The number of unbranched alkanes of at least 4 members (excludes halogenated alkanes) is 4. The van der Waals surface area contributed by atoms with Gasteiger partial charge in [-0.25, -0.2) is 0 Å². The first kappa shape index (κ1) is 27.9. The van der Waals surface area contributed by atoms with Crippen LogP contribution in [0.25, 0.3) is 0 Å². The van der Waals surface area contributed by atoms with E-state index in [1.807, 2.05) is 12.2 Å². The fourth-order valence-electron chi connectivity index (χ4n) is 4.20. The van der Waals surface area contributed by atoms with Crippen molar-refractivity contribution in [2.24, 2.45) is 11.8 Å². The van der Waals surface area contributed by atoms with Gasteiger partial charge in [0.1, 0.15) is 13.7 Å². The highest BCUT2D eigenvalue weighted by molar-refractivity contribution is 6.83. The smallest absolute Gasteiger partial charge is 0.303 e. The molecule has 5 nitrogen and oxygen atoms in total. The Hall–Kier alpha value is -1.13. The van der Waals surface area contributed by atoms with Crippen LogP contribution in [0.2, 0.25) is 19.6 Å². The SMILES string of the molecule is CCCCC(O)(C#C[Si](C)(C)C)CC=C[C@@H]1[C@@H](CCCCCCC(=O)O)[C@@H](O)C[C@H]1O. The highest BCUT2D eigenvalue weighted by atomic mass is 28.3. The van der Waals surface area contributed by atoms with Crippen LogP contribution in [0.5, 0.6) is 0 Å². The van der Waals surface area contributed by atoms with Crippen LogP contribution >= 0.6 is 0 Å². The Bertz CT molecular complexity index is 630. The largest absolute Gasteiger partial charge is 0.481 e. The highest BCUT2D eigenvalue weighted by Crippen LogP contribution is 2.37. The second-order valence-corrected chi connectivity index (χ2v) is 15.0. The topological polar surface area (TPSA) is 98.0 Å². The van der Waals surface area contributed by atoms with E-state index in [4.69, 9.17) is 5.11 Å². The Balaban J connectivity index is 2.69. The van der Waals surface area contributed by atoms with Crippen molar-refractivity contribution in [3.8, 4) is 11.5 Å². The molecule has 0 bridgehead atoms. The van der Waals surface area contributed by atoms with Crippen LogP contribution in [0.3, 0.4) is 0 Å². The number of aliphatic carboxylic acids is 1. The van der Waals surface area contributed by atoms with Crippen LogP contribution in [-0.2, 0) is 4.79 Å². The number of carboxylic acid groups (broad SMARTS) is 1. The van der Waals surface area contributed by atoms with Gasteiger partial charge >= 0.3 is 5.97 Å². The van der Waals surface area contributed by atoms with E-state index in [-0.39, 0.29) is 18.3 Å². The Morgan fingerprint density at radius 3 is 2.39 bits per heavy atom. The maximum absolute atomic E-state index is 11.1. The Morgan fingerprint density at radius 2 is 1.77 bits per heavy atom. The molecule has 0 saturated heterocycles. The first-order valence-corrected chi connectivity index (χ1v) is 15.5. The van der Waals surface area contributed by atoms with Crippen molar-refractivity contribution in [2.75, 3.05) is 0 Å². The molecule has 0 radical (unpaired) electrons. The van der Waals surface area contributed by atoms with E-state index in [1.54, 1.807) is 0 Å². The van der Waals surface area contributed by atoms with E-state index in [0.717, 1.165) is 38.5 Å². The van der Waals surface area contributed by atoms with Gasteiger partial charge in [0.2, 0.25) is 0 Å². The third-order valence-electron chi connectivity index (χ3n) is 6.02. The summed E-state index contributed by atoms with van der Waals surface area (Å²) in [6.45, 7) is 8.60. The molecular formula is C25H44O5Si. The summed E-state index contributed by atoms with van der Waals surface area (Å²) in [4.78, 5) is 10.6. The highest BCUT2D eigenvalue weighted by Gasteiger charge is 2.39. The standard InChI is InChI=1S/C25H44O5Si/c1-5-6-15-25(30,17-18-31(2,3)4)16-11-13-21-20(22(26)19-23(21)27)12-9-7-8-10-14-24(28)29/h11,13,20-23,26-27,30H,5-10,12,14-16,19H2,1-4H3,(H,28,29)/t20-,21-,22+,23-,25?/m1/s1. The molecule has 0 aromatic heterocycles. The van der Waals surface area contributed by atoms with Gasteiger partial charge in [0.15, 0.2) is 0 Å². The van der Waals surface area contributed by atoms with Crippen molar-refractivity contribution < 1.29 is 25.2 Å². The van der Waals surface area contributed by atoms with Crippen LogP contribution < -0.4 is 0 Å². The lowest BCUT2D eigenvalue weighted by Crippen LogP contribution is -2.28. The minimum atomic E-state index is -1.58. The van der Waals surface area contributed by atoms with Crippen LogP contribution in [0, 0.1) is 23.3 Å². The maximum atomic E-state index is 11.1. The lowest BCUT2D eigenvalue weighted by molar-refractivity contribution is -0.137.